The molecule has 0 saturated heterocycles. The Morgan fingerprint density at radius 3 is 2.81 bits per heavy atom. The number of thioether (sulfide) groups is 1. The number of aromatic nitrogens is 2. The molecule has 16 heavy (non-hydrogen) atoms. The molecule has 4 heteroatoms. The molecule has 0 amide bonds. The van der Waals surface area contributed by atoms with E-state index in [-0.39, 0.29) is 0 Å². The Labute approximate surface area is 103 Å². The van der Waals surface area contributed by atoms with Crippen molar-refractivity contribution < 1.29 is 0 Å². The third kappa shape index (κ3) is 3.83. The molecular formula is C12H23N3S. The van der Waals surface area contributed by atoms with Gasteiger partial charge in [-0.3, -0.25) is 0 Å². The van der Waals surface area contributed by atoms with Gasteiger partial charge < -0.3 is 9.88 Å². The maximum absolute atomic E-state index is 4.47. The third-order valence-electron chi connectivity index (χ3n) is 2.47. The summed E-state index contributed by atoms with van der Waals surface area (Å²) in [7, 11) is 2.01. The van der Waals surface area contributed by atoms with Crippen LogP contribution in [0.1, 0.15) is 39.1 Å². The molecule has 1 aromatic heterocycles. The van der Waals surface area contributed by atoms with E-state index in [9.17, 15) is 0 Å². The number of nitrogens with zero attached hydrogens (tertiary/aromatic N) is 2. The summed E-state index contributed by atoms with van der Waals surface area (Å²) in [6.07, 6.45) is 5.12. The molecule has 0 saturated carbocycles. The summed E-state index contributed by atoms with van der Waals surface area (Å²) < 4.78 is 2.25. The molecule has 1 heterocycles. The molecule has 3 nitrogen and oxygen atoms in total. The predicted molar refractivity (Wildman–Crippen MR) is 71.9 cm³/mol. The SMILES string of the molecule is CCCn1ccnc1C(CSC(C)C)NC. The highest BCUT2D eigenvalue weighted by molar-refractivity contribution is 7.99. The second-order valence-corrected chi connectivity index (χ2v) is 5.81. The minimum atomic E-state index is 0.356. The van der Waals surface area contributed by atoms with E-state index in [1.807, 2.05) is 25.0 Å². The van der Waals surface area contributed by atoms with Crippen LogP contribution in [0.2, 0.25) is 0 Å². The van der Waals surface area contributed by atoms with Crippen molar-refractivity contribution in [2.45, 2.75) is 45.0 Å². The molecule has 0 spiro atoms. The van der Waals surface area contributed by atoms with Gasteiger partial charge in [-0.05, 0) is 18.7 Å². The molecule has 1 unspecified atom stereocenters. The van der Waals surface area contributed by atoms with Crippen LogP contribution in [0.3, 0.4) is 0 Å². The van der Waals surface area contributed by atoms with Crippen LogP contribution in [0.4, 0.5) is 0 Å². The number of aryl methyl sites for hydroxylation is 1. The Morgan fingerprint density at radius 2 is 2.25 bits per heavy atom. The molecule has 0 aliphatic heterocycles. The second-order valence-electron chi connectivity index (χ2n) is 4.20. The summed E-state index contributed by atoms with van der Waals surface area (Å²) in [4.78, 5) is 4.47. The normalized spacial score (nSPS) is 13.3. The first-order valence-corrected chi connectivity index (χ1v) is 7.03. The van der Waals surface area contributed by atoms with Crippen LogP contribution in [0, 0.1) is 0 Å². The van der Waals surface area contributed by atoms with E-state index < -0.39 is 0 Å². The number of imidazole rings is 1. The van der Waals surface area contributed by atoms with Crippen molar-refractivity contribution in [3.63, 3.8) is 0 Å². The zero-order valence-corrected chi connectivity index (χ0v) is 11.5. The van der Waals surface area contributed by atoms with Crippen LogP contribution in [0.5, 0.6) is 0 Å². The third-order valence-corrected chi connectivity index (χ3v) is 3.66. The zero-order chi connectivity index (χ0) is 12.0. The van der Waals surface area contributed by atoms with E-state index >= 15 is 0 Å². The molecule has 0 bridgehead atoms. The highest BCUT2D eigenvalue weighted by atomic mass is 32.2. The highest BCUT2D eigenvalue weighted by Crippen LogP contribution is 2.20. The largest absolute Gasteiger partial charge is 0.334 e. The van der Waals surface area contributed by atoms with Crippen molar-refractivity contribution in [2.75, 3.05) is 12.8 Å². The van der Waals surface area contributed by atoms with E-state index in [0.29, 0.717) is 11.3 Å². The van der Waals surface area contributed by atoms with Gasteiger partial charge in [-0.2, -0.15) is 11.8 Å². The predicted octanol–water partition coefficient (Wildman–Crippen LogP) is 2.70. The maximum atomic E-state index is 4.47. The van der Waals surface area contributed by atoms with Gasteiger partial charge in [-0.15, -0.1) is 0 Å². The van der Waals surface area contributed by atoms with Gasteiger partial charge in [0.2, 0.25) is 0 Å². The standard InChI is InChI=1S/C12H23N3S/c1-5-7-15-8-6-14-12(15)11(13-4)9-16-10(2)3/h6,8,10-11,13H,5,7,9H2,1-4H3. The van der Waals surface area contributed by atoms with E-state index in [1.165, 1.54) is 0 Å². The summed E-state index contributed by atoms with van der Waals surface area (Å²) in [5.74, 6) is 2.24. The minimum Gasteiger partial charge on any atom is -0.334 e. The highest BCUT2D eigenvalue weighted by Gasteiger charge is 2.15. The van der Waals surface area contributed by atoms with Crippen molar-refractivity contribution in [3.05, 3.63) is 18.2 Å². The first kappa shape index (κ1) is 13.6. The lowest BCUT2D eigenvalue weighted by molar-refractivity contribution is 0.551. The van der Waals surface area contributed by atoms with Gasteiger partial charge in [0.05, 0.1) is 6.04 Å². The lowest BCUT2D eigenvalue weighted by atomic mass is 10.3. The number of hydrogen-bond donors (Lipinski definition) is 1. The first-order valence-electron chi connectivity index (χ1n) is 5.98. The van der Waals surface area contributed by atoms with Crippen molar-refractivity contribution >= 4 is 11.8 Å². The molecule has 1 atom stereocenters. The number of nitrogens with one attached hydrogen (secondary N) is 1. The summed E-state index contributed by atoms with van der Waals surface area (Å²) in [6.45, 7) is 7.71. The summed E-state index contributed by atoms with van der Waals surface area (Å²) in [5.41, 5.74) is 0. The van der Waals surface area contributed by atoms with Gasteiger partial charge >= 0.3 is 0 Å². The van der Waals surface area contributed by atoms with Crippen LogP contribution in [-0.2, 0) is 6.54 Å². The van der Waals surface area contributed by atoms with Crippen molar-refractivity contribution in [2.24, 2.45) is 0 Å². The lowest BCUT2D eigenvalue weighted by Gasteiger charge is -2.18. The number of hydrogen-bond acceptors (Lipinski definition) is 3. The Balaban J connectivity index is 2.66. The Hall–Kier alpha value is -0.480. The molecule has 1 N–H and O–H groups in total. The fourth-order valence-electron chi connectivity index (χ4n) is 1.64. The van der Waals surface area contributed by atoms with Gasteiger partial charge in [-0.25, -0.2) is 4.98 Å². The zero-order valence-electron chi connectivity index (χ0n) is 10.7. The quantitative estimate of drug-likeness (QED) is 0.796. The Bertz CT molecular complexity index is 296. The van der Waals surface area contributed by atoms with E-state index in [1.54, 1.807) is 0 Å². The molecule has 0 aromatic carbocycles. The van der Waals surface area contributed by atoms with Crippen molar-refractivity contribution in [3.8, 4) is 0 Å². The van der Waals surface area contributed by atoms with Crippen LogP contribution in [0.25, 0.3) is 0 Å². The average Bonchev–Trinajstić information content (AvgIpc) is 2.68. The van der Waals surface area contributed by atoms with Gasteiger partial charge in [0.25, 0.3) is 0 Å². The van der Waals surface area contributed by atoms with Crippen LogP contribution in [0.15, 0.2) is 12.4 Å². The molecule has 92 valence electrons. The van der Waals surface area contributed by atoms with E-state index in [2.05, 4.69) is 41.8 Å². The van der Waals surface area contributed by atoms with Gasteiger partial charge in [0.1, 0.15) is 5.82 Å². The smallest absolute Gasteiger partial charge is 0.126 e. The van der Waals surface area contributed by atoms with Gasteiger partial charge in [-0.1, -0.05) is 20.8 Å². The fourth-order valence-corrected chi connectivity index (χ4v) is 2.53. The molecule has 0 aliphatic rings. The molecule has 1 rings (SSSR count). The van der Waals surface area contributed by atoms with Crippen LogP contribution in [-0.4, -0.2) is 27.6 Å². The fraction of sp³-hybridized carbons (Fsp3) is 0.750. The van der Waals surface area contributed by atoms with Gasteiger partial charge in [0, 0.05) is 24.7 Å². The van der Waals surface area contributed by atoms with E-state index in [4.69, 9.17) is 0 Å². The Morgan fingerprint density at radius 1 is 1.50 bits per heavy atom. The van der Waals surface area contributed by atoms with Crippen LogP contribution < -0.4 is 5.32 Å². The molecule has 0 aliphatic carbocycles. The average molecular weight is 241 g/mol. The molecule has 0 fully saturated rings. The molecular weight excluding hydrogens is 218 g/mol. The Kier molecular flexibility index (Phi) is 5.91. The van der Waals surface area contributed by atoms with Gasteiger partial charge in [0.15, 0.2) is 0 Å². The van der Waals surface area contributed by atoms with Crippen molar-refractivity contribution in [1.82, 2.24) is 14.9 Å². The first-order chi connectivity index (χ1) is 7.69. The van der Waals surface area contributed by atoms with E-state index in [0.717, 1.165) is 24.5 Å². The molecule has 0 radical (unpaired) electrons. The number of rotatable bonds is 7. The lowest BCUT2D eigenvalue weighted by Crippen LogP contribution is -2.23. The summed E-state index contributed by atoms with van der Waals surface area (Å²) >= 11 is 1.97. The summed E-state index contributed by atoms with van der Waals surface area (Å²) in [5, 5.41) is 4.03. The second kappa shape index (κ2) is 6.97. The topological polar surface area (TPSA) is 29.9 Å². The molecule has 1 aromatic rings. The monoisotopic (exact) mass is 241 g/mol. The van der Waals surface area contributed by atoms with Crippen LogP contribution >= 0.6 is 11.8 Å². The minimum absolute atomic E-state index is 0.356. The maximum Gasteiger partial charge on any atom is 0.126 e. The summed E-state index contributed by atoms with van der Waals surface area (Å²) in [6, 6.07) is 0.356. The van der Waals surface area contributed by atoms with Crippen molar-refractivity contribution in [1.29, 1.82) is 0 Å².